The molecule has 1 aromatic heterocycles. The second kappa shape index (κ2) is 7.10. The minimum Gasteiger partial charge on any atom is -0.486 e. The molecule has 8 aliphatic rings. The van der Waals surface area contributed by atoms with E-state index in [4.69, 9.17) is 9.47 Å². The molecule has 2 amide bonds. The van der Waals surface area contributed by atoms with Gasteiger partial charge in [0.05, 0.1) is 17.1 Å². The first-order valence-electron chi connectivity index (χ1n) is 15.0. The quantitative estimate of drug-likeness (QED) is 0.430. The molecule has 2 bridgehead atoms. The van der Waals surface area contributed by atoms with Crippen LogP contribution in [-0.2, 0) is 24.5 Å². The summed E-state index contributed by atoms with van der Waals surface area (Å²) in [6.45, 7) is 7.63. The summed E-state index contributed by atoms with van der Waals surface area (Å²) < 4.78 is 13.6. The number of rotatable bonds is 1. The summed E-state index contributed by atoms with van der Waals surface area (Å²) in [6.07, 6.45) is 4.87. The van der Waals surface area contributed by atoms with E-state index in [0.29, 0.717) is 59.3 Å². The average molecular weight is 588 g/mol. The van der Waals surface area contributed by atoms with Crippen molar-refractivity contribution in [2.24, 2.45) is 5.92 Å². The van der Waals surface area contributed by atoms with E-state index in [2.05, 4.69) is 0 Å². The predicted octanol–water partition coefficient (Wildman–Crippen LogP) is 1.95. The number of aliphatic hydroxyl groups excluding tert-OH is 1. The second-order valence-corrected chi connectivity index (χ2v) is 14.4. The molecule has 8 heterocycles. The van der Waals surface area contributed by atoms with Crippen molar-refractivity contribution in [3.63, 3.8) is 0 Å². The Hall–Kier alpha value is -3.83. The molecule has 1 aliphatic carbocycles. The zero-order valence-corrected chi connectivity index (χ0v) is 24.4. The topological polar surface area (TPSA) is 142 Å². The van der Waals surface area contributed by atoms with Crippen LogP contribution >= 0.6 is 0 Å². The Morgan fingerprint density at radius 1 is 1.09 bits per heavy atom. The molecule has 5 saturated heterocycles. The number of piperidine rings is 2. The van der Waals surface area contributed by atoms with Crippen molar-refractivity contribution in [3.8, 4) is 5.75 Å². The Kier molecular flexibility index (Phi) is 4.24. The van der Waals surface area contributed by atoms with Gasteiger partial charge in [0.2, 0.25) is 11.5 Å². The van der Waals surface area contributed by atoms with Crippen molar-refractivity contribution in [2.75, 3.05) is 13.2 Å². The van der Waals surface area contributed by atoms with E-state index in [1.807, 2.05) is 52.0 Å². The molecule has 10 rings (SSSR count). The van der Waals surface area contributed by atoms with Crippen LogP contribution in [0, 0.1) is 5.92 Å². The molecule has 1 aromatic carbocycles. The first-order valence-corrected chi connectivity index (χ1v) is 15.0. The zero-order valence-electron chi connectivity index (χ0n) is 24.4. The Balaban J connectivity index is 1.43. The van der Waals surface area contributed by atoms with Gasteiger partial charge in [-0.05, 0) is 63.0 Å². The molecule has 2 aromatic rings. The van der Waals surface area contributed by atoms with Crippen LogP contribution < -0.4 is 4.74 Å². The van der Waals surface area contributed by atoms with Crippen molar-refractivity contribution in [2.45, 2.75) is 86.8 Å². The molecule has 3 N–H and O–H groups in total. The van der Waals surface area contributed by atoms with Gasteiger partial charge in [-0.2, -0.15) is 4.73 Å². The summed E-state index contributed by atoms with van der Waals surface area (Å²) in [5.74, 6) is -2.56. The largest absolute Gasteiger partial charge is 0.486 e. The zero-order chi connectivity index (χ0) is 30.2. The number of piperazine rings is 1. The van der Waals surface area contributed by atoms with E-state index in [9.17, 15) is 25.0 Å². The number of fused-ring (bicyclic) bond motifs is 8. The van der Waals surface area contributed by atoms with Crippen molar-refractivity contribution in [1.29, 1.82) is 0 Å². The molecule has 5 fully saturated rings. The number of carbonyl (C=O) groups is 3. The van der Waals surface area contributed by atoms with Crippen molar-refractivity contribution in [1.82, 2.24) is 14.5 Å². The van der Waals surface area contributed by atoms with E-state index in [0.717, 1.165) is 6.08 Å². The van der Waals surface area contributed by atoms with Gasteiger partial charge in [0.25, 0.3) is 11.8 Å². The highest BCUT2D eigenvalue weighted by molar-refractivity contribution is 6.13. The highest BCUT2D eigenvalue weighted by Gasteiger charge is 2.88. The molecule has 0 unspecified atom stereocenters. The lowest BCUT2D eigenvalue weighted by atomic mass is 9.48. The fourth-order valence-corrected chi connectivity index (χ4v) is 10.1. The van der Waals surface area contributed by atoms with Gasteiger partial charge >= 0.3 is 0 Å². The summed E-state index contributed by atoms with van der Waals surface area (Å²) in [5.41, 5.74) is -4.52. The van der Waals surface area contributed by atoms with Crippen LogP contribution in [0.25, 0.3) is 17.0 Å². The van der Waals surface area contributed by atoms with Gasteiger partial charge < -0.3 is 29.8 Å². The third kappa shape index (κ3) is 2.40. The molecule has 2 spiro atoms. The van der Waals surface area contributed by atoms with E-state index >= 15 is 4.79 Å². The summed E-state index contributed by atoms with van der Waals surface area (Å²) in [6, 6.07) is 3.65. The Morgan fingerprint density at radius 3 is 2.60 bits per heavy atom. The number of ketones is 1. The summed E-state index contributed by atoms with van der Waals surface area (Å²) in [4.78, 5) is 46.4. The van der Waals surface area contributed by atoms with Crippen LogP contribution in [0.5, 0.6) is 5.75 Å². The van der Waals surface area contributed by atoms with Gasteiger partial charge in [0.1, 0.15) is 34.8 Å². The maximum atomic E-state index is 15.0. The van der Waals surface area contributed by atoms with Gasteiger partial charge in [-0.3, -0.25) is 19.3 Å². The van der Waals surface area contributed by atoms with Gasteiger partial charge in [-0.25, -0.2) is 0 Å². The molecule has 11 nitrogen and oxygen atoms in total. The number of aliphatic hydroxyl groups is 2. The number of carbonyl (C=O) groups excluding carboxylic acids is 3. The number of hydrogen-bond acceptors (Lipinski definition) is 8. The lowest BCUT2D eigenvalue weighted by Gasteiger charge is -2.67. The second-order valence-electron chi connectivity index (χ2n) is 14.4. The van der Waals surface area contributed by atoms with E-state index in [-0.39, 0.29) is 11.7 Å². The SMILES string of the molecule is CC1(C)C=Cc2c(ccc3c4c(n(O)c23)C(C)(C)[C@@H]2C[C@]35CCCN3C(=O)[C@]23[C@H]4[C@H]2OC(CO)=CC(=O)[C@@]2(O)N3C5=O)O1. The summed E-state index contributed by atoms with van der Waals surface area (Å²) in [7, 11) is 0. The Bertz CT molecular complexity index is 1820. The van der Waals surface area contributed by atoms with E-state index in [1.54, 1.807) is 4.90 Å². The van der Waals surface area contributed by atoms with Crippen LogP contribution in [-0.4, -0.2) is 89.2 Å². The Morgan fingerprint density at radius 2 is 1.86 bits per heavy atom. The molecule has 6 atom stereocenters. The number of amides is 2. The fourth-order valence-electron chi connectivity index (χ4n) is 10.1. The lowest BCUT2D eigenvalue weighted by Crippen LogP contribution is -2.86. The molecule has 11 heteroatoms. The monoisotopic (exact) mass is 587 g/mol. The van der Waals surface area contributed by atoms with Crippen LogP contribution in [0.15, 0.2) is 30.0 Å². The fraction of sp³-hybridized carbons (Fsp3) is 0.531. The minimum absolute atomic E-state index is 0.0457. The van der Waals surface area contributed by atoms with Gasteiger partial charge in [0.15, 0.2) is 6.10 Å². The van der Waals surface area contributed by atoms with Crippen molar-refractivity contribution in [3.05, 3.63) is 46.9 Å². The van der Waals surface area contributed by atoms with Crippen LogP contribution in [0.4, 0.5) is 0 Å². The Labute approximate surface area is 246 Å². The van der Waals surface area contributed by atoms with Crippen LogP contribution in [0.3, 0.4) is 0 Å². The van der Waals surface area contributed by atoms with Gasteiger partial charge in [-0.15, -0.1) is 0 Å². The van der Waals surface area contributed by atoms with E-state index < -0.39 is 64.1 Å². The maximum Gasteiger partial charge on any atom is 0.252 e. The number of nitrogens with zero attached hydrogens (tertiary/aromatic N) is 3. The van der Waals surface area contributed by atoms with E-state index in [1.165, 1.54) is 9.63 Å². The standard InChI is InChI=1S/C32H33N3O8/c1-28(2)10-8-16-18(43-28)7-6-17-21-22-25-32(40,20(37)12-15(14-36)42-25)35-26(38)30-9-5-11-33(30)27(39)31(22,35)19(13-30)29(3,4)24(21)34(41)23(16)17/h6-8,10,12,19,22,25,36,40-41H,5,9,11,13-14H2,1-4H3/t19-,22+,25+,30-,31+,32-/m0/s1. The molecule has 0 saturated carbocycles. The number of aromatic nitrogens is 1. The molecule has 0 radical (unpaired) electrons. The van der Waals surface area contributed by atoms with Crippen LogP contribution in [0.2, 0.25) is 0 Å². The minimum atomic E-state index is -2.47. The highest BCUT2D eigenvalue weighted by Crippen LogP contribution is 2.72. The van der Waals surface area contributed by atoms with Gasteiger partial charge in [-0.1, -0.05) is 13.8 Å². The summed E-state index contributed by atoms with van der Waals surface area (Å²) in [5, 5.41) is 35.3. The third-order valence-electron chi connectivity index (χ3n) is 11.7. The average Bonchev–Trinajstić information content (AvgIpc) is 3.58. The maximum absolute atomic E-state index is 15.0. The molecular weight excluding hydrogens is 554 g/mol. The molecule has 224 valence electrons. The smallest absolute Gasteiger partial charge is 0.252 e. The lowest BCUT2D eigenvalue weighted by molar-refractivity contribution is -0.228. The first kappa shape index (κ1) is 25.6. The number of ether oxygens (including phenoxy) is 2. The first-order chi connectivity index (χ1) is 20.3. The molecule has 7 aliphatic heterocycles. The highest BCUT2D eigenvalue weighted by atomic mass is 16.5. The number of benzene rings is 1. The third-order valence-corrected chi connectivity index (χ3v) is 11.7. The predicted molar refractivity (Wildman–Crippen MR) is 150 cm³/mol. The normalized spacial score (nSPS) is 38.7. The summed E-state index contributed by atoms with van der Waals surface area (Å²) >= 11 is 0. The van der Waals surface area contributed by atoms with Crippen molar-refractivity contribution < 1.29 is 39.3 Å². The molecule has 43 heavy (non-hydrogen) atoms. The van der Waals surface area contributed by atoms with Gasteiger partial charge in [0, 0.05) is 34.9 Å². The molecular formula is C32H33N3O8. The van der Waals surface area contributed by atoms with Crippen LogP contribution in [0.1, 0.15) is 69.7 Å². The number of hydrogen-bond donors (Lipinski definition) is 3. The van der Waals surface area contributed by atoms with Crippen molar-refractivity contribution >= 4 is 34.6 Å².